The summed E-state index contributed by atoms with van der Waals surface area (Å²) < 4.78 is 0.881. The molecule has 0 saturated carbocycles. The van der Waals surface area contributed by atoms with Crippen molar-refractivity contribution in [2.75, 3.05) is 10.7 Å². The van der Waals surface area contributed by atoms with Gasteiger partial charge in [-0.25, -0.2) is 10.8 Å². The van der Waals surface area contributed by atoms with Crippen LogP contribution in [0.3, 0.4) is 0 Å². The zero-order valence-electron chi connectivity index (χ0n) is 10.5. The van der Waals surface area contributed by atoms with E-state index in [1.807, 2.05) is 6.07 Å². The molecule has 0 unspecified atom stereocenters. The van der Waals surface area contributed by atoms with Crippen LogP contribution in [0.25, 0.3) is 10.2 Å². The van der Waals surface area contributed by atoms with E-state index in [0.29, 0.717) is 27.8 Å². The molecule has 0 saturated heterocycles. The van der Waals surface area contributed by atoms with Gasteiger partial charge in [0.05, 0.1) is 9.72 Å². The highest BCUT2D eigenvalue weighted by atomic mass is 35.5. The number of nitrogens with one attached hydrogen (secondary N) is 2. The predicted octanol–water partition coefficient (Wildman–Crippen LogP) is 3.36. The number of aromatic nitrogens is 1. The number of thiazole rings is 1. The van der Waals surface area contributed by atoms with Gasteiger partial charge < -0.3 is 5.32 Å². The van der Waals surface area contributed by atoms with Crippen LogP contribution in [0.2, 0.25) is 5.02 Å². The Balaban J connectivity index is 2.22. The first-order chi connectivity index (χ1) is 9.13. The van der Waals surface area contributed by atoms with Crippen molar-refractivity contribution in [3.63, 3.8) is 0 Å². The van der Waals surface area contributed by atoms with Gasteiger partial charge in [-0.1, -0.05) is 36.3 Å². The highest BCUT2D eigenvalue weighted by Crippen LogP contribution is 2.33. The van der Waals surface area contributed by atoms with Crippen molar-refractivity contribution in [3.8, 4) is 0 Å². The lowest BCUT2D eigenvalue weighted by Crippen LogP contribution is -2.10. The fourth-order valence-corrected chi connectivity index (χ4v) is 2.84. The quantitative estimate of drug-likeness (QED) is 0.584. The number of halogens is 1. The summed E-state index contributed by atoms with van der Waals surface area (Å²) in [4.78, 5) is 15.9. The Hall–Kier alpha value is -1.37. The third kappa shape index (κ3) is 3.34. The predicted molar refractivity (Wildman–Crippen MR) is 80.6 cm³/mol. The number of amides is 1. The van der Waals surface area contributed by atoms with Crippen molar-refractivity contribution in [2.45, 2.75) is 26.2 Å². The molecule has 1 heterocycles. The summed E-state index contributed by atoms with van der Waals surface area (Å²) >= 11 is 7.53. The Morgan fingerprint density at radius 1 is 1.53 bits per heavy atom. The molecular weight excluding hydrogens is 284 g/mol. The summed E-state index contributed by atoms with van der Waals surface area (Å²) in [5, 5.41) is 3.93. The van der Waals surface area contributed by atoms with Gasteiger partial charge in [0.1, 0.15) is 5.52 Å². The van der Waals surface area contributed by atoms with Gasteiger partial charge in [0, 0.05) is 12.1 Å². The second kappa shape index (κ2) is 6.18. The second-order valence-corrected chi connectivity index (χ2v) is 5.56. The van der Waals surface area contributed by atoms with Gasteiger partial charge in [0.25, 0.3) is 0 Å². The topological polar surface area (TPSA) is 80.0 Å². The van der Waals surface area contributed by atoms with Gasteiger partial charge in [-0.2, -0.15) is 0 Å². The van der Waals surface area contributed by atoms with Crippen LogP contribution in [0.5, 0.6) is 0 Å². The molecule has 0 bridgehead atoms. The molecule has 2 rings (SSSR count). The maximum absolute atomic E-state index is 11.7. The number of unbranched alkanes of at least 4 members (excludes halogenated alkanes) is 1. The van der Waals surface area contributed by atoms with Crippen molar-refractivity contribution >= 4 is 49.9 Å². The van der Waals surface area contributed by atoms with Crippen molar-refractivity contribution in [1.82, 2.24) is 4.98 Å². The van der Waals surface area contributed by atoms with E-state index in [1.54, 1.807) is 6.07 Å². The van der Waals surface area contributed by atoms with E-state index in [2.05, 4.69) is 22.7 Å². The molecule has 4 N–H and O–H groups in total. The van der Waals surface area contributed by atoms with Gasteiger partial charge in [-0.05, 0) is 18.6 Å². The summed E-state index contributed by atoms with van der Waals surface area (Å²) in [7, 11) is 0. The first kappa shape index (κ1) is 14.0. The van der Waals surface area contributed by atoms with E-state index >= 15 is 0 Å². The van der Waals surface area contributed by atoms with Crippen LogP contribution >= 0.6 is 22.9 Å². The van der Waals surface area contributed by atoms with Crippen LogP contribution in [0.15, 0.2) is 12.1 Å². The Morgan fingerprint density at radius 2 is 2.32 bits per heavy atom. The zero-order chi connectivity index (χ0) is 13.8. The number of nitrogen functional groups attached to an aromatic ring is 1. The van der Waals surface area contributed by atoms with Crippen LogP contribution in [-0.4, -0.2) is 10.9 Å². The SMILES string of the molecule is CCCCC(=O)Nc1cc(Cl)c2nc(NN)sc2c1. The third-order valence-electron chi connectivity index (χ3n) is 2.61. The summed E-state index contributed by atoms with van der Waals surface area (Å²) in [6.07, 6.45) is 2.39. The summed E-state index contributed by atoms with van der Waals surface area (Å²) in [5.74, 6) is 5.32. The minimum absolute atomic E-state index is 0.000967. The van der Waals surface area contributed by atoms with Gasteiger partial charge >= 0.3 is 0 Å². The average molecular weight is 299 g/mol. The van der Waals surface area contributed by atoms with Crippen LogP contribution < -0.4 is 16.6 Å². The lowest BCUT2D eigenvalue weighted by molar-refractivity contribution is -0.116. The van der Waals surface area contributed by atoms with Crippen molar-refractivity contribution in [3.05, 3.63) is 17.2 Å². The molecule has 102 valence electrons. The Bertz CT molecular complexity index is 599. The van der Waals surface area contributed by atoms with Gasteiger partial charge in [-0.15, -0.1) is 0 Å². The lowest BCUT2D eigenvalue weighted by Gasteiger charge is -2.05. The van der Waals surface area contributed by atoms with Gasteiger partial charge in [0.2, 0.25) is 5.91 Å². The number of fused-ring (bicyclic) bond motifs is 1. The number of hydrazine groups is 1. The molecule has 2 aromatic rings. The van der Waals surface area contributed by atoms with E-state index in [0.717, 1.165) is 17.5 Å². The Kier molecular flexibility index (Phi) is 4.57. The zero-order valence-corrected chi connectivity index (χ0v) is 12.1. The maximum atomic E-state index is 11.7. The molecule has 7 heteroatoms. The molecular formula is C12H15ClN4OS. The number of rotatable bonds is 5. The number of carbonyl (C=O) groups is 1. The fourth-order valence-electron chi connectivity index (χ4n) is 1.68. The van der Waals surface area contributed by atoms with Crippen LogP contribution in [-0.2, 0) is 4.79 Å². The van der Waals surface area contributed by atoms with E-state index in [1.165, 1.54) is 11.3 Å². The van der Waals surface area contributed by atoms with Crippen LogP contribution in [0, 0.1) is 0 Å². The molecule has 1 aromatic carbocycles. The monoisotopic (exact) mass is 298 g/mol. The molecule has 5 nitrogen and oxygen atoms in total. The number of anilines is 2. The standard InChI is InChI=1S/C12H15ClN4OS/c1-2-3-4-10(18)15-7-5-8(13)11-9(6-7)19-12(16-11)17-14/h5-6H,2-4,14H2,1H3,(H,15,18)(H,16,17). The summed E-state index contributed by atoms with van der Waals surface area (Å²) in [6, 6.07) is 3.55. The van der Waals surface area contributed by atoms with E-state index in [4.69, 9.17) is 17.4 Å². The molecule has 1 aromatic heterocycles. The number of nitrogens with zero attached hydrogens (tertiary/aromatic N) is 1. The minimum Gasteiger partial charge on any atom is -0.326 e. The highest BCUT2D eigenvalue weighted by Gasteiger charge is 2.10. The molecule has 0 radical (unpaired) electrons. The number of hydrogen-bond acceptors (Lipinski definition) is 5. The summed E-state index contributed by atoms with van der Waals surface area (Å²) in [6.45, 7) is 2.05. The molecule has 0 atom stereocenters. The minimum atomic E-state index is -0.000967. The molecule has 0 aliphatic rings. The van der Waals surface area contributed by atoms with Crippen LogP contribution in [0.4, 0.5) is 10.8 Å². The Morgan fingerprint density at radius 3 is 3.00 bits per heavy atom. The highest BCUT2D eigenvalue weighted by molar-refractivity contribution is 7.22. The third-order valence-corrected chi connectivity index (χ3v) is 3.83. The average Bonchev–Trinajstić information content (AvgIpc) is 2.80. The Labute approximate surface area is 120 Å². The summed E-state index contributed by atoms with van der Waals surface area (Å²) in [5.41, 5.74) is 3.87. The fraction of sp³-hybridized carbons (Fsp3) is 0.333. The number of hydrogen-bond donors (Lipinski definition) is 3. The largest absolute Gasteiger partial charge is 0.326 e. The first-order valence-electron chi connectivity index (χ1n) is 6.00. The molecule has 0 spiro atoms. The number of benzene rings is 1. The van der Waals surface area contributed by atoms with Crippen molar-refractivity contribution in [2.24, 2.45) is 5.84 Å². The van der Waals surface area contributed by atoms with Crippen LogP contribution in [0.1, 0.15) is 26.2 Å². The molecule has 1 amide bonds. The maximum Gasteiger partial charge on any atom is 0.224 e. The first-order valence-corrected chi connectivity index (χ1v) is 7.20. The molecule has 0 aliphatic heterocycles. The normalized spacial score (nSPS) is 10.7. The smallest absolute Gasteiger partial charge is 0.224 e. The van der Waals surface area contributed by atoms with E-state index in [9.17, 15) is 4.79 Å². The van der Waals surface area contributed by atoms with E-state index in [-0.39, 0.29) is 5.91 Å². The van der Waals surface area contributed by atoms with Gasteiger partial charge in [-0.3, -0.25) is 10.2 Å². The molecule has 0 aliphatic carbocycles. The van der Waals surface area contributed by atoms with E-state index < -0.39 is 0 Å². The van der Waals surface area contributed by atoms with Crippen molar-refractivity contribution in [1.29, 1.82) is 0 Å². The molecule has 19 heavy (non-hydrogen) atoms. The second-order valence-electron chi connectivity index (χ2n) is 4.12. The number of carbonyl (C=O) groups excluding carboxylic acids is 1. The van der Waals surface area contributed by atoms with Gasteiger partial charge in [0.15, 0.2) is 5.13 Å². The lowest BCUT2D eigenvalue weighted by atomic mass is 10.2. The molecule has 0 fully saturated rings. The van der Waals surface area contributed by atoms with Crippen molar-refractivity contribution < 1.29 is 4.79 Å². The number of nitrogens with two attached hydrogens (primary N) is 1.